The second kappa shape index (κ2) is 5.70. The van der Waals surface area contributed by atoms with Gasteiger partial charge in [-0.15, -0.1) is 0 Å². The molecule has 0 bridgehead atoms. The molecule has 0 aliphatic rings. The van der Waals surface area contributed by atoms with Crippen LogP contribution in [0.5, 0.6) is 5.88 Å². The molecule has 0 saturated heterocycles. The Kier molecular flexibility index (Phi) is 4.01. The Morgan fingerprint density at radius 2 is 2.33 bits per heavy atom. The number of hydrogen-bond acceptors (Lipinski definition) is 7. The molecule has 2 aromatic heterocycles. The normalized spacial score (nSPS) is 11.2. The number of nitrogens with two attached hydrogens (primary N) is 1. The van der Waals surface area contributed by atoms with Gasteiger partial charge < -0.3 is 19.8 Å². The number of fused-ring (bicyclic) bond motifs is 1. The molecule has 0 radical (unpaired) electrons. The van der Waals surface area contributed by atoms with Crippen LogP contribution in [0.2, 0.25) is 0 Å². The van der Waals surface area contributed by atoms with E-state index in [2.05, 4.69) is 15.0 Å². The van der Waals surface area contributed by atoms with Crippen LogP contribution in [0.25, 0.3) is 11.2 Å². The van der Waals surface area contributed by atoms with Crippen LogP contribution >= 0.6 is 8.46 Å². The Bertz CT molecular complexity index is 558. The minimum atomic E-state index is -0.0322. The predicted molar refractivity (Wildman–Crippen MR) is 64.7 cm³/mol. The van der Waals surface area contributed by atoms with Gasteiger partial charge in [0.05, 0.1) is 20.0 Å². The Labute approximate surface area is 104 Å². The summed E-state index contributed by atoms with van der Waals surface area (Å²) >= 11 is 0. The van der Waals surface area contributed by atoms with E-state index in [1.165, 1.54) is 7.11 Å². The molecule has 2 rings (SSSR count). The minimum Gasteiger partial charge on any atom is -0.479 e. The first kappa shape index (κ1) is 12.7. The number of ether oxygens (including phenoxy) is 2. The highest BCUT2D eigenvalue weighted by Crippen LogP contribution is 2.21. The van der Waals surface area contributed by atoms with Crippen LogP contribution in [-0.4, -0.2) is 39.6 Å². The van der Waals surface area contributed by atoms with Crippen LogP contribution in [0.3, 0.4) is 0 Å². The van der Waals surface area contributed by atoms with Crippen molar-refractivity contribution in [2.45, 2.75) is 6.54 Å². The fourth-order valence-electron chi connectivity index (χ4n) is 1.51. The molecule has 0 saturated carbocycles. The van der Waals surface area contributed by atoms with Gasteiger partial charge in [0.15, 0.2) is 19.6 Å². The first-order valence-electron chi connectivity index (χ1n) is 5.15. The quantitative estimate of drug-likeness (QED) is 0.607. The summed E-state index contributed by atoms with van der Waals surface area (Å²) in [6, 6.07) is 0. The molecule has 0 aromatic carbocycles. The maximum Gasteiger partial charge on any atom is 0.246 e. The highest BCUT2D eigenvalue weighted by atomic mass is 31.1. The average molecular weight is 269 g/mol. The molecule has 0 aliphatic heterocycles. The van der Waals surface area contributed by atoms with Crippen LogP contribution in [0, 0.1) is 0 Å². The zero-order valence-corrected chi connectivity index (χ0v) is 10.6. The number of nitrogens with zero attached hydrogens (tertiary/aromatic N) is 4. The van der Waals surface area contributed by atoms with Crippen LogP contribution in [-0.2, 0) is 15.8 Å². The fourth-order valence-corrected chi connectivity index (χ4v) is 1.71. The Balaban J connectivity index is 2.24. The molecule has 0 aliphatic carbocycles. The largest absolute Gasteiger partial charge is 0.479 e. The van der Waals surface area contributed by atoms with Crippen molar-refractivity contribution in [2.24, 2.45) is 0 Å². The molecule has 0 amide bonds. The van der Waals surface area contributed by atoms with Gasteiger partial charge in [0.25, 0.3) is 0 Å². The molecule has 0 atom stereocenters. The number of methoxy groups -OCH3 is 1. The van der Waals surface area contributed by atoms with Gasteiger partial charge >= 0.3 is 0 Å². The molecule has 2 N–H and O–H groups in total. The molecule has 0 fully saturated rings. The smallest absolute Gasteiger partial charge is 0.246 e. The molecular weight excluding hydrogens is 257 g/mol. The molecule has 0 unspecified atom stereocenters. The lowest BCUT2D eigenvalue weighted by atomic mass is 10.5. The summed E-state index contributed by atoms with van der Waals surface area (Å²) in [5.41, 5.74) is 6.72. The van der Waals surface area contributed by atoms with Gasteiger partial charge in [-0.25, -0.2) is 4.98 Å². The van der Waals surface area contributed by atoms with Crippen molar-refractivity contribution in [2.75, 3.05) is 25.8 Å². The van der Waals surface area contributed by atoms with Crippen LogP contribution in [0.1, 0.15) is 0 Å². The Morgan fingerprint density at radius 1 is 1.50 bits per heavy atom. The summed E-state index contributed by atoms with van der Waals surface area (Å²) in [5.74, 6) is 0.468. The number of imidazole rings is 1. The van der Waals surface area contributed by atoms with Crippen LogP contribution in [0.15, 0.2) is 6.33 Å². The van der Waals surface area contributed by atoms with Crippen LogP contribution in [0.4, 0.5) is 5.95 Å². The molecule has 96 valence electrons. The van der Waals surface area contributed by atoms with E-state index in [9.17, 15) is 4.57 Å². The highest BCUT2D eigenvalue weighted by Gasteiger charge is 2.12. The van der Waals surface area contributed by atoms with E-state index >= 15 is 0 Å². The third kappa shape index (κ3) is 2.55. The third-order valence-electron chi connectivity index (χ3n) is 2.26. The van der Waals surface area contributed by atoms with E-state index in [1.807, 2.05) is 0 Å². The lowest BCUT2D eigenvalue weighted by molar-refractivity contribution is 0.170. The standard InChI is InChI=1S/C9H12N5O3P/c1-16-8-6-7(12-9(10)13-8)14(4-11-6)2-3-17-5-18-15/h4H,2-3,5H2,1H3,(H2,10,12,13). The topological polar surface area (TPSA) is 105 Å². The molecular formula is C9H12N5O3P. The summed E-state index contributed by atoms with van der Waals surface area (Å²) in [7, 11) is 1.46. The molecule has 8 nitrogen and oxygen atoms in total. The van der Waals surface area contributed by atoms with Gasteiger partial charge in [-0.2, -0.15) is 9.97 Å². The van der Waals surface area contributed by atoms with Gasteiger partial charge in [0, 0.05) is 6.54 Å². The zero-order chi connectivity index (χ0) is 13.0. The Morgan fingerprint density at radius 3 is 3.06 bits per heavy atom. The molecule has 0 spiro atoms. The average Bonchev–Trinajstić information content (AvgIpc) is 2.77. The summed E-state index contributed by atoms with van der Waals surface area (Å²) < 4.78 is 22.2. The number of hydrogen-bond donors (Lipinski definition) is 1. The molecule has 18 heavy (non-hydrogen) atoms. The predicted octanol–water partition coefficient (Wildman–Crippen LogP) is 0.683. The summed E-state index contributed by atoms with van der Waals surface area (Å²) in [6.07, 6.45) is 1.78. The van der Waals surface area contributed by atoms with E-state index in [1.54, 1.807) is 10.9 Å². The lowest BCUT2D eigenvalue weighted by Gasteiger charge is -2.04. The van der Waals surface area contributed by atoms with Crippen LogP contribution < -0.4 is 10.5 Å². The minimum absolute atomic E-state index is 0.0322. The maximum absolute atomic E-state index is 10.2. The third-order valence-corrected chi connectivity index (χ3v) is 2.55. The lowest BCUT2D eigenvalue weighted by Crippen LogP contribution is -2.06. The van der Waals surface area contributed by atoms with E-state index in [4.69, 9.17) is 15.2 Å². The van der Waals surface area contributed by atoms with Gasteiger partial charge in [-0.3, -0.25) is 4.57 Å². The number of rotatable bonds is 6. The maximum atomic E-state index is 10.2. The summed E-state index contributed by atoms with van der Waals surface area (Å²) in [5, 5.41) is 0. The van der Waals surface area contributed by atoms with Gasteiger partial charge in [-0.1, -0.05) is 0 Å². The first-order valence-corrected chi connectivity index (χ1v) is 6.15. The van der Waals surface area contributed by atoms with Crippen molar-refractivity contribution in [1.82, 2.24) is 19.5 Å². The fraction of sp³-hybridized carbons (Fsp3) is 0.444. The molecule has 9 heteroatoms. The van der Waals surface area contributed by atoms with Gasteiger partial charge in [0.1, 0.15) is 6.35 Å². The summed E-state index contributed by atoms with van der Waals surface area (Å²) in [6.45, 7) is 0.943. The van der Waals surface area contributed by atoms with E-state index < -0.39 is 0 Å². The molecule has 2 aromatic rings. The van der Waals surface area contributed by atoms with Crippen molar-refractivity contribution >= 4 is 25.6 Å². The zero-order valence-electron chi connectivity index (χ0n) is 9.74. The SMILES string of the molecule is COc1nc(N)nc2c1ncn2CCOCP=O. The first-order chi connectivity index (χ1) is 8.76. The highest BCUT2D eigenvalue weighted by molar-refractivity contribution is 7.23. The number of nitrogen functional groups attached to an aromatic ring is 1. The molecule has 2 heterocycles. The van der Waals surface area contributed by atoms with Gasteiger partial charge in [0.2, 0.25) is 11.8 Å². The second-order valence-electron chi connectivity index (χ2n) is 3.37. The monoisotopic (exact) mass is 269 g/mol. The number of aromatic nitrogens is 4. The van der Waals surface area contributed by atoms with E-state index in [0.717, 1.165) is 0 Å². The van der Waals surface area contributed by atoms with E-state index in [0.29, 0.717) is 30.2 Å². The van der Waals surface area contributed by atoms with Crippen molar-refractivity contribution in [1.29, 1.82) is 0 Å². The van der Waals surface area contributed by atoms with E-state index in [-0.39, 0.29) is 20.8 Å². The Hall–Kier alpha value is -1.79. The van der Waals surface area contributed by atoms with Crippen molar-refractivity contribution in [3.05, 3.63) is 6.33 Å². The van der Waals surface area contributed by atoms with Crippen molar-refractivity contribution < 1.29 is 14.0 Å². The summed E-state index contributed by atoms with van der Waals surface area (Å²) in [4.78, 5) is 12.2. The van der Waals surface area contributed by atoms with Crippen molar-refractivity contribution in [3.63, 3.8) is 0 Å². The second-order valence-corrected chi connectivity index (χ2v) is 3.88. The number of anilines is 1. The van der Waals surface area contributed by atoms with Gasteiger partial charge in [-0.05, 0) is 0 Å². The van der Waals surface area contributed by atoms with Crippen molar-refractivity contribution in [3.8, 4) is 5.88 Å².